The Balaban J connectivity index is 1.16. The van der Waals surface area contributed by atoms with Crippen molar-refractivity contribution >= 4 is 22.1 Å². The van der Waals surface area contributed by atoms with Gasteiger partial charge in [-0.05, 0) is 67.9 Å². The molecule has 1 saturated heterocycles. The number of urea groups is 1. The number of rotatable bonds is 11. The summed E-state index contributed by atoms with van der Waals surface area (Å²) in [7, 11) is -4.56. The number of amides is 2. The quantitative estimate of drug-likeness (QED) is 0.326. The van der Waals surface area contributed by atoms with Gasteiger partial charge in [0.2, 0.25) is 0 Å². The summed E-state index contributed by atoms with van der Waals surface area (Å²) in [6.07, 6.45) is 9.12. The molecule has 4 rings (SSSR count). The molecule has 0 radical (unpaired) electrons. The van der Waals surface area contributed by atoms with E-state index in [4.69, 9.17) is 9.29 Å². The van der Waals surface area contributed by atoms with E-state index in [-0.39, 0.29) is 11.8 Å². The first-order chi connectivity index (χ1) is 16.9. The lowest BCUT2D eigenvalue weighted by Gasteiger charge is -2.23. The number of hydrogen-bond donors (Lipinski definition) is 1. The van der Waals surface area contributed by atoms with Crippen molar-refractivity contribution in [3.8, 4) is 11.5 Å². The molecule has 35 heavy (non-hydrogen) atoms. The van der Waals surface area contributed by atoms with Crippen molar-refractivity contribution < 1.29 is 26.7 Å². The fourth-order valence-electron chi connectivity index (χ4n) is 4.90. The van der Waals surface area contributed by atoms with Gasteiger partial charge in [-0.25, -0.2) is 4.79 Å². The van der Waals surface area contributed by atoms with Crippen LogP contribution in [0.2, 0.25) is 0 Å². The summed E-state index contributed by atoms with van der Waals surface area (Å²) in [5.41, 5.74) is 2.38. The summed E-state index contributed by atoms with van der Waals surface area (Å²) in [6.45, 7) is 2.63. The number of hydrogen-bond acceptors (Lipinski definition) is 5. The molecular formula is C26H34N2O6S. The molecule has 2 fully saturated rings. The Bertz CT molecular complexity index is 1080. The molecule has 1 heterocycles. The van der Waals surface area contributed by atoms with E-state index in [2.05, 4.69) is 28.4 Å². The highest BCUT2D eigenvalue weighted by Crippen LogP contribution is 2.33. The smallest absolute Gasteiger partial charge is 0.446 e. The lowest BCUT2D eigenvalue weighted by molar-refractivity contribution is 0.219. The Morgan fingerprint density at radius 1 is 0.914 bits per heavy atom. The third kappa shape index (κ3) is 7.35. The summed E-state index contributed by atoms with van der Waals surface area (Å²) in [5.74, 6) is 1.12. The average molecular weight is 503 g/mol. The average Bonchev–Trinajstić information content (AvgIpc) is 3.21. The van der Waals surface area contributed by atoms with Gasteiger partial charge in [0, 0.05) is 31.4 Å². The van der Waals surface area contributed by atoms with Gasteiger partial charge in [-0.15, -0.1) is 0 Å². The lowest BCUT2D eigenvalue weighted by Crippen LogP contribution is -2.32. The lowest BCUT2D eigenvalue weighted by atomic mass is 9.84. The zero-order valence-corrected chi connectivity index (χ0v) is 20.8. The molecule has 0 atom stereocenters. The SMILES string of the molecule is O=C1N(CCCCCOc2cccc(OS(=O)(=O)O)c2)CCN1c1ccc(C2CCCCC2)cc1. The van der Waals surface area contributed by atoms with Crippen LogP contribution in [-0.4, -0.2) is 50.1 Å². The zero-order valence-electron chi connectivity index (χ0n) is 20.0. The molecule has 0 bridgehead atoms. The maximum absolute atomic E-state index is 12.9. The van der Waals surface area contributed by atoms with Gasteiger partial charge in [0.25, 0.3) is 0 Å². The number of benzene rings is 2. The van der Waals surface area contributed by atoms with Gasteiger partial charge in [0.15, 0.2) is 0 Å². The minimum atomic E-state index is -4.56. The first kappa shape index (κ1) is 25.3. The fourth-order valence-corrected chi connectivity index (χ4v) is 5.25. The monoisotopic (exact) mass is 502 g/mol. The van der Waals surface area contributed by atoms with Crippen molar-refractivity contribution in [3.05, 3.63) is 54.1 Å². The molecular weight excluding hydrogens is 468 g/mol. The van der Waals surface area contributed by atoms with Gasteiger partial charge in [-0.2, -0.15) is 8.42 Å². The predicted molar refractivity (Wildman–Crippen MR) is 135 cm³/mol. The minimum absolute atomic E-state index is 0.00859. The second-order valence-electron chi connectivity index (χ2n) is 9.24. The number of carbonyl (C=O) groups excluding carboxylic acids is 1. The highest BCUT2D eigenvalue weighted by atomic mass is 32.3. The molecule has 0 unspecified atom stereocenters. The van der Waals surface area contributed by atoms with Crippen molar-refractivity contribution in [1.29, 1.82) is 0 Å². The number of ether oxygens (including phenoxy) is 1. The summed E-state index contributed by atoms with van der Waals surface area (Å²) >= 11 is 0. The van der Waals surface area contributed by atoms with E-state index in [1.165, 1.54) is 49.8 Å². The van der Waals surface area contributed by atoms with E-state index < -0.39 is 10.4 Å². The van der Waals surface area contributed by atoms with Crippen LogP contribution >= 0.6 is 0 Å². The largest absolute Gasteiger partial charge is 0.493 e. The number of carbonyl (C=O) groups is 1. The molecule has 0 aromatic heterocycles. The second kappa shape index (κ2) is 11.8. The molecule has 2 aromatic rings. The Labute approximate surface area is 207 Å². The highest BCUT2D eigenvalue weighted by Gasteiger charge is 2.29. The number of unbranched alkanes of at least 4 members (excludes halogenated alkanes) is 2. The Morgan fingerprint density at radius 2 is 1.66 bits per heavy atom. The van der Waals surface area contributed by atoms with Crippen LogP contribution in [-0.2, 0) is 10.4 Å². The van der Waals surface area contributed by atoms with Crippen molar-refractivity contribution in [3.63, 3.8) is 0 Å². The first-order valence-corrected chi connectivity index (χ1v) is 13.8. The fraction of sp³-hybridized carbons (Fsp3) is 0.500. The van der Waals surface area contributed by atoms with Gasteiger partial charge < -0.3 is 13.8 Å². The minimum Gasteiger partial charge on any atom is -0.493 e. The van der Waals surface area contributed by atoms with Gasteiger partial charge in [-0.1, -0.05) is 37.5 Å². The summed E-state index contributed by atoms with van der Waals surface area (Å²) in [5, 5.41) is 0. The number of nitrogens with zero attached hydrogens (tertiary/aromatic N) is 2. The topological polar surface area (TPSA) is 96.4 Å². The summed E-state index contributed by atoms with van der Waals surface area (Å²) in [4.78, 5) is 16.7. The van der Waals surface area contributed by atoms with Crippen LogP contribution in [0.3, 0.4) is 0 Å². The molecule has 1 N–H and O–H groups in total. The molecule has 9 heteroatoms. The van der Waals surface area contributed by atoms with Gasteiger partial charge in [0.05, 0.1) is 6.61 Å². The van der Waals surface area contributed by atoms with Crippen LogP contribution in [0, 0.1) is 0 Å². The van der Waals surface area contributed by atoms with Crippen molar-refractivity contribution in [2.75, 3.05) is 31.1 Å². The molecule has 1 aliphatic heterocycles. The van der Waals surface area contributed by atoms with E-state index in [9.17, 15) is 13.2 Å². The van der Waals surface area contributed by atoms with Gasteiger partial charge in [0.1, 0.15) is 11.5 Å². The number of anilines is 1. The standard InChI is InChI=1S/C26H34N2O6S/c29-26-27(16-5-2-6-19-33-24-10-7-11-25(20-24)34-35(30,31)32)17-18-28(26)23-14-12-22(13-15-23)21-8-3-1-4-9-21/h7,10-15,20-21H,1-6,8-9,16-19H2,(H,30,31,32). The molecule has 0 spiro atoms. The maximum Gasteiger partial charge on any atom is 0.446 e. The van der Waals surface area contributed by atoms with Crippen LogP contribution in [0.15, 0.2) is 48.5 Å². The van der Waals surface area contributed by atoms with E-state index in [1.807, 2.05) is 9.80 Å². The molecule has 1 saturated carbocycles. The first-order valence-electron chi connectivity index (χ1n) is 12.5. The summed E-state index contributed by atoms with van der Waals surface area (Å²) < 4.78 is 40.5. The third-order valence-electron chi connectivity index (χ3n) is 6.72. The van der Waals surface area contributed by atoms with Crippen LogP contribution in [0.5, 0.6) is 11.5 Å². The van der Waals surface area contributed by atoms with Crippen LogP contribution in [0.4, 0.5) is 10.5 Å². The van der Waals surface area contributed by atoms with Crippen molar-refractivity contribution in [2.45, 2.75) is 57.3 Å². The highest BCUT2D eigenvalue weighted by molar-refractivity contribution is 7.81. The second-order valence-corrected chi connectivity index (χ2v) is 10.3. The van der Waals surface area contributed by atoms with E-state index in [1.54, 1.807) is 12.1 Å². The van der Waals surface area contributed by atoms with Crippen LogP contribution in [0.1, 0.15) is 62.8 Å². The molecule has 1 aliphatic carbocycles. The molecule has 8 nitrogen and oxygen atoms in total. The van der Waals surface area contributed by atoms with E-state index in [0.29, 0.717) is 31.4 Å². The van der Waals surface area contributed by atoms with Gasteiger partial charge >= 0.3 is 16.4 Å². The van der Waals surface area contributed by atoms with E-state index >= 15 is 0 Å². The zero-order chi connectivity index (χ0) is 24.7. The van der Waals surface area contributed by atoms with Crippen molar-refractivity contribution in [1.82, 2.24) is 4.90 Å². The van der Waals surface area contributed by atoms with Crippen LogP contribution in [0.25, 0.3) is 0 Å². The Hall–Kier alpha value is -2.78. The summed E-state index contributed by atoms with van der Waals surface area (Å²) in [6, 6.07) is 14.8. The molecule has 2 amide bonds. The van der Waals surface area contributed by atoms with E-state index in [0.717, 1.165) is 31.5 Å². The Morgan fingerprint density at radius 3 is 2.40 bits per heavy atom. The van der Waals surface area contributed by atoms with Crippen molar-refractivity contribution in [2.24, 2.45) is 0 Å². The Kier molecular flexibility index (Phi) is 8.51. The molecule has 2 aromatic carbocycles. The normalized spacial score (nSPS) is 17.1. The van der Waals surface area contributed by atoms with Crippen LogP contribution < -0.4 is 13.8 Å². The third-order valence-corrected chi connectivity index (χ3v) is 7.13. The molecule has 2 aliphatic rings. The van der Waals surface area contributed by atoms with Gasteiger partial charge in [-0.3, -0.25) is 9.45 Å². The maximum atomic E-state index is 12.9. The molecule has 190 valence electrons. The predicted octanol–water partition coefficient (Wildman–Crippen LogP) is 5.41.